The normalized spacial score (nSPS) is 10.1. The van der Waals surface area contributed by atoms with Crippen LogP contribution in [-0.4, -0.2) is 10.6 Å². The summed E-state index contributed by atoms with van der Waals surface area (Å²) >= 11 is 0. The van der Waals surface area contributed by atoms with Gasteiger partial charge in [-0.15, -0.1) is 0 Å². The van der Waals surface area contributed by atoms with Crippen molar-refractivity contribution in [2.75, 3.05) is 0 Å². The molecule has 0 saturated carbocycles. The van der Waals surface area contributed by atoms with E-state index in [0.717, 1.165) is 10.6 Å². The molecule has 0 N–H and O–H groups in total. The van der Waals surface area contributed by atoms with Gasteiger partial charge in [-0.05, 0) is 72.2 Å². The van der Waals surface area contributed by atoms with Crippen LogP contribution in [0.5, 0.6) is 0 Å². The average molecular weight is 732 g/mol. The van der Waals surface area contributed by atoms with Gasteiger partial charge < -0.3 is 12.4 Å². The summed E-state index contributed by atoms with van der Waals surface area (Å²) in [5, 5.41) is 7.33. The van der Waals surface area contributed by atoms with Crippen molar-refractivity contribution in [3.63, 3.8) is 0 Å². The molecule has 0 amide bonds. The van der Waals surface area contributed by atoms with E-state index in [2.05, 4.69) is 150 Å². The summed E-state index contributed by atoms with van der Waals surface area (Å²) in [6.07, 6.45) is 0. The van der Waals surface area contributed by atoms with Crippen molar-refractivity contribution in [3.8, 4) is 47.4 Å². The monoisotopic (exact) mass is 730 g/mol. The van der Waals surface area contributed by atoms with E-state index in [0.29, 0.717) is 0 Å². The van der Waals surface area contributed by atoms with Gasteiger partial charge in [0.15, 0.2) is 36.3 Å². The summed E-state index contributed by atoms with van der Waals surface area (Å²) in [6, 6.07) is 53.0. The van der Waals surface area contributed by atoms with Crippen LogP contribution in [0.25, 0.3) is 0 Å². The zero-order valence-corrected chi connectivity index (χ0v) is 29.4. The van der Waals surface area contributed by atoms with Crippen LogP contribution in [-0.2, 0) is 33.6 Å². The van der Waals surface area contributed by atoms with Gasteiger partial charge in [-0.2, -0.15) is 35.9 Å². The molecule has 0 bridgehead atoms. The molecule has 5 heteroatoms. The number of benzene rings is 5. The van der Waals surface area contributed by atoms with Crippen LogP contribution in [0.2, 0.25) is 0 Å². The fourth-order valence-corrected chi connectivity index (χ4v) is 8.43. The van der Waals surface area contributed by atoms with E-state index >= 15 is 0 Å². The Hall–Kier alpha value is -4.02. The van der Waals surface area contributed by atoms with E-state index in [-0.39, 0.29) is 46.0 Å². The quantitative estimate of drug-likeness (QED) is 0.115. The molecular formula is C41H27ClFeNiP2+2. The third kappa shape index (κ3) is 11.1. The maximum Gasteiger partial charge on any atom is 2.00 e. The van der Waals surface area contributed by atoms with E-state index < -0.39 is 15.1 Å². The van der Waals surface area contributed by atoms with Gasteiger partial charge in [0.05, 0.1) is 0 Å². The molecule has 0 saturated heterocycles. The second-order valence-corrected chi connectivity index (χ2v) is 13.6. The van der Waals surface area contributed by atoms with Crippen LogP contribution < -0.4 is 33.6 Å². The largest absolute Gasteiger partial charge is 2.00 e. The van der Waals surface area contributed by atoms with E-state index in [9.17, 15) is 0 Å². The number of halogens is 1. The fraction of sp³-hybridized carbons (Fsp3) is 0.0244. The molecule has 0 unspecified atom stereocenters. The summed E-state index contributed by atoms with van der Waals surface area (Å²) in [7, 11) is -1.17. The minimum atomic E-state index is -0.583. The molecule has 0 spiro atoms. The third-order valence-electron chi connectivity index (χ3n) is 6.22. The topological polar surface area (TPSA) is 0 Å². The van der Waals surface area contributed by atoms with E-state index in [4.69, 9.17) is 0 Å². The minimum absolute atomic E-state index is 0. The Kier molecular flexibility index (Phi) is 17.3. The predicted molar refractivity (Wildman–Crippen MR) is 189 cm³/mol. The molecule has 46 heavy (non-hydrogen) atoms. The van der Waals surface area contributed by atoms with Gasteiger partial charge in [-0.3, -0.25) is 0 Å². The van der Waals surface area contributed by atoms with Crippen LogP contribution in [0.4, 0.5) is 0 Å². The summed E-state index contributed by atoms with van der Waals surface area (Å²) in [6.45, 7) is 2.03. The summed E-state index contributed by atoms with van der Waals surface area (Å²) in [5.74, 6) is 23.9. The van der Waals surface area contributed by atoms with Crippen molar-refractivity contribution in [1.82, 2.24) is 0 Å². The van der Waals surface area contributed by atoms with Gasteiger partial charge >= 0.3 is 17.1 Å². The number of rotatable bonds is 4. The molecule has 0 aliphatic heterocycles. The number of hydrogen-bond acceptors (Lipinski definition) is 0. The van der Waals surface area contributed by atoms with E-state index in [1.807, 2.05) is 55.5 Å². The Balaban J connectivity index is 0.000000252. The second-order valence-electron chi connectivity index (χ2n) is 9.26. The predicted octanol–water partition coefficient (Wildman–Crippen LogP) is 3.42. The molecule has 2 aliphatic rings. The van der Waals surface area contributed by atoms with Crippen LogP contribution in [0.15, 0.2) is 146 Å². The molecule has 0 aromatic heterocycles. The molecule has 2 aliphatic carbocycles. The Morgan fingerprint density at radius 3 is 0.935 bits per heavy atom. The van der Waals surface area contributed by atoms with Crippen molar-refractivity contribution in [1.29, 1.82) is 0 Å². The van der Waals surface area contributed by atoms with Gasteiger partial charge in [0, 0.05) is 40.2 Å². The van der Waals surface area contributed by atoms with Gasteiger partial charge in [-0.1, -0.05) is 79.7 Å². The molecule has 0 fully saturated rings. The van der Waals surface area contributed by atoms with Gasteiger partial charge in [0.25, 0.3) is 10.6 Å². The second kappa shape index (κ2) is 20.9. The van der Waals surface area contributed by atoms with Gasteiger partial charge in [0.2, 0.25) is 0 Å². The summed E-state index contributed by atoms with van der Waals surface area (Å²) in [5.41, 5.74) is 1.20. The SMILES string of the molecule is C1#CC(=[P+](c2ccccc2)c2ccccc2)C#C1.C1#CC(=[P+](c2ccccc2)c2ccccc2)C#C1.Cc1[c-]cccc1.[Cl-].[Fe+2].[Ni]. The van der Waals surface area contributed by atoms with E-state index in [1.165, 1.54) is 26.8 Å². The van der Waals surface area contributed by atoms with Crippen LogP contribution in [0, 0.1) is 60.4 Å². The molecule has 0 atom stereocenters. The first kappa shape index (κ1) is 38.2. The number of aryl methyl sites for hydroxylation is 1. The van der Waals surface area contributed by atoms with Crippen molar-refractivity contribution >= 4 is 46.9 Å². The summed E-state index contributed by atoms with van der Waals surface area (Å²) in [4.78, 5) is 0. The van der Waals surface area contributed by atoms with Crippen LogP contribution >= 0.6 is 15.1 Å². The molecule has 0 nitrogen and oxygen atoms in total. The first-order valence-corrected chi connectivity index (χ1v) is 16.5. The molecule has 5 aromatic rings. The Labute approximate surface area is 302 Å². The molecule has 0 radical (unpaired) electrons. The van der Waals surface area contributed by atoms with Crippen LogP contribution in [0.1, 0.15) is 5.56 Å². The van der Waals surface area contributed by atoms with E-state index in [1.54, 1.807) is 0 Å². The molecular weight excluding hydrogens is 704 g/mol. The fourth-order valence-electron chi connectivity index (χ4n) is 4.25. The average Bonchev–Trinajstić information content (AvgIpc) is 3.81. The third-order valence-corrected chi connectivity index (χ3v) is 10.8. The standard InChI is InChI=1S/2C17H10P.C7H7.ClH.Fe.Ni/c2*1-3-9-15(10-4-1)18(17-13-7-8-14-17)16-11-5-2-6-12-16;1-7-5-3-2-4-6-7;;;/h2*1-6,9-12H;2-5H,1H3;1H;;/q2*+1;-1;;+2;/p-1. The first-order valence-electron chi connectivity index (χ1n) is 13.8. The molecule has 224 valence electrons. The Bertz CT molecular complexity index is 1760. The molecule has 0 heterocycles. The zero-order valence-electron chi connectivity index (χ0n) is 24.8. The zero-order chi connectivity index (χ0) is 29.5. The van der Waals surface area contributed by atoms with Crippen molar-refractivity contribution in [2.45, 2.75) is 6.92 Å². The summed E-state index contributed by atoms with van der Waals surface area (Å²) < 4.78 is 0. The first-order chi connectivity index (χ1) is 21.3. The van der Waals surface area contributed by atoms with Gasteiger partial charge in [0.1, 0.15) is 0 Å². The van der Waals surface area contributed by atoms with Crippen molar-refractivity contribution in [2.24, 2.45) is 0 Å². The van der Waals surface area contributed by atoms with Crippen LogP contribution in [0.3, 0.4) is 0 Å². The maximum atomic E-state index is 3.13. The maximum absolute atomic E-state index is 3.13. The van der Waals surface area contributed by atoms with Crippen molar-refractivity contribution in [3.05, 3.63) is 157 Å². The smallest absolute Gasteiger partial charge is 1.00 e. The molecule has 5 aromatic carbocycles. The van der Waals surface area contributed by atoms with Crippen molar-refractivity contribution < 1.29 is 46.0 Å². The Morgan fingerprint density at radius 2 is 0.717 bits per heavy atom. The number of hydrogen-bond donors (Lipinski definition) is 0. The molecule has 7 rings (SSSR count). The van der Waals surface area contributed by atoms with Gasteiger partial charge in [-0.25, -0.2) is 0 Å². The Morgan fingerprint density at radius 1 is 0.435 bits per heavy atom. The minimum Gasteiger partial charge on any atom is -1.00 e.